The van der Waals surface area contributed by atoms with E-state index >= 15 is 0 Å². The minimum Gasteiger partial charge on any atom is -0.337 e. The summed E-state index contributed by atoms with van der Waals surface area (Å²) in [5.41, 5.74) is 3.06. The van der Waals surface area contributed by atoms with E-state index < -0.39 is 0 Å². The number of unbranched alkanes of at least 4 members (excludes halogenated alkanes) is 1. The van der Waals surface area contributed by atoms with Crippen molar-refractivity contribution >= 4 is 0 Å². The molecule has 0 saturated carbocycles. The third kappa shape index (κ3) is 3.53. The van der Waals surface area contributed by atoms with E-state index in [-0.39, 0.29) is 0 Å². The number of benzene rings is 1. The number of fused-ring (bicyclic) bond motifs is 1. The van der Waals surface area contributed by atoms with Crippen molar-refractivity contribution in [3.8, 4) is 0 Å². The first-order chi connectivity index (χ1) is 10.3. The van der Waals surface area contributed by atoms with Crippen LogP contribution in [-0.4, -0.2) is 16.1 Å². The molecular weight excluding hydrogens is 258 g/mol. The number of hydrogen-bond acceptors (Lipinski definition) is 2. The summed E-state index contributed by atoms with van der Waals surface area (Å²) < 4.78 is 2.15. The third-order valence-corrected chi connectivity index (χ3v) is 4.58. The molecule has 112 valence electrons. The number of rotatable bonds is 6. The van der Waals surface area contributed by atoms with Gasteiger partial charge in [-0.05, 0) is 49.3 Å². The number of aryl methyl sites for hydroxylation is 1. The van der Waals surface area contributed by atoms with Gasteiger partial charge >= 0.3 is 0 Å². The van der Waals surface area contributed by atoms with Crippen LogP contribution >= 0.6 is 0 Å². The number of aromatic nitrogens is 2. The Labute approximate surface area is 127 Å². The van der Waals surface area contributed by atoms with E-state index in [1.165, 1.54) is 31.2 Å². The molecule has 0 fully saturated rings. The normalized spacial score (nSPS) is 21.2. The summed E-state index contributed by atoms with van der Waals surface area (Å²) in [6.45, 7) is 4.52. The standard InChI is InChI=1S/C18H25N3/c1-15-8-9-18(17-7-3-2-6-16(15)17)20-10-4-5-12-21-13-11-19-14-21/h2-3,6-7,11,13-15,18,20H,4-5,8-10,12H2,1H3. The van der Waals surface area contributed by atoms with Crippen molar-refractivity contribution in [3.63, 3.8) is 0 Å². The molecule has 3 nitrogen and oxygen atoms in total. The van der Waals surface area contributed by atoms with Crippen molar-refractivity contribution < 1.29 is 0 Å². The largest absolute Gasteiger partial charge is 0.337 e. The highest BCUT2D eigenvalue weighted by Crippen LogP contribution is 2.36. The van der Waals surface area contributed by atoms with Gasteiger partial charge in [0.05, 0.1) is 6.33 Å². The highest BCUT2D eigenvalue weighted by atomic mass is 15.0. The summed E-state index contributed by atoms with van der Waals surface area (Å²) in [5, 5.41) is 3.75. The maximum Gasteiger partial charge on any atom is 0.0945 e. The Morgan fingerprint density at radius 1 is 1.19 bits per heavy atom. The Morgan fingerprint density at radius 2 is 2.05 bits per heavy atom. The molecule has 1 aliphatic rings. The fourth-order valence-corrected chi connectivity index (χ4v) is 3.33. The Kier molecular flexibility index (Phi) is 4.71. The molecule has 0 bridgehead atoms. The van der Waals surface area contributed by atoms with Crippen LogP contribution in [0, 0.1) is 0 Å². The lowest BCUT2D eigenvalue weighted by Gasteiger charge is -2.30. The molecule has 0 saturated heterocycles. The summed E-state index contributed by atoms with van der Waals surface area (Å²) in [6, 6.07) is 9.49. The van der Waals surface area contributed by atoms with Crippen molar-refractivity contribution in [2.24, 2.45) is 0 Å². The van der Waals surface area contributed by atoms with E-state index in [2.05, 4.69) is 46.1 Å². The first-order valence-electron chi connectivity index (χ1n) is 8.12. The van der Waals surface area contributed by atoms with Crippen LogP contribution in [0.25, 0.3) is 0 Å². The van der Waals surface area contributed by atoms with E-state index in [1.54, 1.807) is 5.56 Å². The molecular formula is C18H25N3. The average molecular weight is 283 g/mol. The molecule has 0 spiro atoms. The molecule has 1 N–H and O–H groups in total. The molecule has 3 rings (SSSR count). The Bertz CT molecular complexity index is 547. The van der Waals surface area contributed by atoms with Crippen LogP contribution in [0.1, 0.15) is 55.7 Å². The predicted octanol–water partition coefficient (Wildman–Crippen LogP) is 3.89. The van der Waals surface area contributed by atoms with Gasteiger partial charge in [-0.25, -0.2) is 4.98 Å². The summed E-state index contributed by atoms with van der Waals surface area (Å²) >= 11 is 0. The minimum atomic E-state index is 0.547. The van der Waals surface area contributed by atoms with Crippen molar-refractivity contribution in [2.75, 3.05) is 6.54 Å². The number of nitrogens with one attached hydrogen (secondary N) is 1. The molecule has 2 unspecified atom stereocenters. The van der Waals surface area contributed by atoms with Crippen molar-refractivity contribution in [2.45, 2.75) is 51.1 Å². The number of imidazole rings is 1. The number of nitrogens with zero attached hydrogens (tertiary/aromatic N) is 2. The van der Waals surface area contributed by atoms with Crippen LogP contribution in [0.5, 0.6) is 0 Å². The molecule has 2 atom stereocenters. The van der Waals surface area contributed by atoms with Gasteiger partial charge in [0.15, 0.2) is 0 Å². The Balaban J connectivity index is 1.46. The van der Waals surface area contributed by atoms with E-state index in [0.717, 1.165) is 13.1 Å². The van der Waals surface area contributed by atoms with Crippen molar-refractivity contribution in [3.05, 3.63) is 54.1 Å². The molecule has 3 heteroatoms. The highest BCUT2D eigenvalue weighted by molar-refractivity contribution is 5.34. The van der Waals surface area contributed by atoms with Gasteiger partial charge in [0, 0.05) is 25.0 Å². The third-order valence-electron chi connectivity index (χ3n) is 4.58. The van der Waals surface area contributed by atoms with E-state index in [9.17, 15) is 0 Å². The molecule has 1 aromatic carbocycles. The van der Waals surface area contributed by atoms with Gasteiger partial charge in [-0.15, -0.1) is 0 Å². The van der Waals surface area contributed by atoms with Crippen molar-refractivity contribution in [1.29, 1.82) is 0 Å². The summed E-state index contributed by atoms with van der Waals surface area (Å²) in [7, 11) is 0. The van der Waals surface area contributed by atoms with Crippen molar-refractivity contribution in [1.82, 2.24) is 14.9 Å². The molecule has 1 heterocycles. The molecule has 0 aliphatic heterocycles. The zero-order valence-electron chi connectivity index (χ0n) is 12.8. The Morgan fingerprint density at radius 3 is 2.86 bits per heavy atom. The topological polar surface area (TPSA) is 29.9 Å². The van der Waals surface area contributed by atoms with Gasteiger partial charge in [-0.2, -0.15) is 0 Å². The lowest BCUT2D eigenvalue weighted by atomic mass is 9.81. The lowest BCUT2D eigenvalue weighted by Crippen LogP contribution is -2.27. The van der Waals surface area contributed by atoms with E-state index in [0.29, 0.717) is 12.0 Å². The predicted molar refractivity (Wildman–Crippen MR) is 86.3 cm³/mol. The maximum atomic E-state index is 4.07. The van der Waals surface area contributed by atoms with E-state index in [4.69, 9.17) is 0 Å². The second-order valence-corrected chi connectivity index (χ2v) is 6.12. The molecule has 21 heavy (non-hydrogen) atoms. The first-order valence-corrected chi connectivity index (χ1v) is 8.12. The van der Waals surface area contributed by atoms with Crippen LogP contribution in [0.4, 0.5) is 0 Å². The Hall–Kier alpha value is -1.61. The zero-order valence-corrected chi connectivity index (χ0v) is 12.8. The van der Waals surface area contributed by atoms with Crippen LogP contribution in [0.15, 0.2) is 43.0 Å². The highest BCUT2D eigenvalue weighted by Gasteiger charge is 2.23. The van der Waals surface area contributed by atoms with Gasteiger partial charge in [-0.1, -0.05) is 31.2 Å². The SMILES string of the molecule is CC1CCC(NCCCCn2ccnc2)c2ccccc21. The first kappa shape index (κ1) is 14.3. The van der Waals surface area contributed by atoms with Gasteiger partial charge in [-0.3, -0.25) is 0 Å². The zero-order chi connectivity index (χ0) is 14.5. The quantitative estimate of drug-likeness (QED) is 0.815. The van der Waals surface area contributed by atoms with Gasteiger partial charge in [0.2, 0.25) is 0 Å². The second-order valence-electron chi connectivity index (χ2n) is 6.12. The van der Waals surface area contributed by atoms with Gasteiger partial charge in [0.1, 0.15) is 0 Å². The fraction of sp³-hybridized carbons (Fsp3) is 0.500. The van der Waals surface area contributed by atoms with Gasteiger partial charge in [0.25, 0.3) is 0 Å². The minimum absolute atomic E-state index is 0.547. The van der Waals surface area contributed by atoms with E-state index in [1.807, 2.05) is 18.7 Å². The fourth-order valence-electron chi connectivity index (χ4n) is 3.33. The maximum absolute atomic E-state index is 4.07. The smallest absolute Gasteiger partial charge is 0.0945 e. The molecule has 1 aliphatic carbocycles. The molecule has 0 radical (unpaired) electrons. The summed E-state index contributed by atoms with van der Waals surface area (Å²) in [5.74, 6) is 0.709. The van der Waals surface area contributed by atoms with Crippen LogP contribution in [-0.2, 0) is 6.54 Å². The van der Waals surface area contributed by atoms with Crippen LogP contribution < -0.4 is 5.32 Å². The summed E-state index contributed by atoms with van der Waals surface area (Å²) in [6.07, 6.45) is 10.8. The number of hydrogen-bond donors (Lipinski definition) is 1. The average Bonchev–Trinajstić information content (AvgIpc) is 3.03. The monoisotopic (exact) mass is 283 g/mol. The molecule has 2 aromatic rings. The van der Waals surface area contributed by atoms with Gasteiger partial charge < -0.3 is 9.88 Å². The lowest BCUT2D eigenvalue weighted by molar-refractivity contribution is 0.423. The molecule has 1 aromatic heterocycles. The molecule has 0 amide bonds. The summed E-state index contributed by atoms with van der Waals surface area (Å²) in [4.78, 5) is 4.07. The second kappa shape index (κ2) is 6.90. The van der Waals surface area contributed by atoms with Crippen LogP contribution in [0.3, 0.4) is 0 Å². The van der Waals surface area contributed by atoms with Crippen LogP contribution in [0.2, 0.25) is 0 Å².